The number of allylic oxidation sites excluding steroid dienone is 4. The van der Waals surface area contributed by atoms with Gasteiger partial charge in [-0.25, -0.2) is 4.39 Å². The maximum Gasteiger partial charge on any atom is 0.303 e. The Bertz CT molecular complexity index is 903. The average molecular weight is 400 g/mol. The van der Waals surface area contributed by atoms with Gasteiger partial charge in [0.25, 0.3) is 0 Å². The Balaban J connectivity index is 1.60. The van der Waals surface area contributed by atoms with E-state index in [2.05, 4.69) is 13.8 Å². The molecule has 0 saturated heterocycles. The van der Waals surface area contributed by atoms with Crippen molar-refractivity contribution in [2.75, 3.05) is 0 Å². The van der Waals surface area contributed by atoms with Gasteiger partial charge in [-0.2, -0.15) is 0 Å². The maximum absolute atomic E-state index is 15.3. The van der Waals surface area contributed by atoms with Crippen LogP contribution < -0.4 is 0 Å². The van der Waals surface area contributed by atoms with Crippen LogP contribution in [0.15, 0.2) is 23.6 Å². The molecule has 0 aromatic rings. The Hall–Kier alpha value is -1.78. The highest BCUT2D eigenvalue weighted by Gasteiger charge is 2.70. The van der Waals surface area contributed by atoms with E-state index < -0.39 is 17.0 Å². The van der Waals surface area contributed by atoms with Crippen molar-refractivity contribution in [3.05, 3.63) is 23.6 Å². The zero-order chi connectivity index (χ0) is 20.9. The van der Waals surface area contributed by atoms with Gasteiger partial charge in [-0.3, -0.25) is 14.4 Å². The van der Waals surface area contributed by atoms with E-state index in [1.807, 2.05) is 0 Å². The van der Waals surface area contributed by atoms with E-state index in [0.717, 1.165) is 25.7 Å². The SMILES string of the molecule is CC(=O)O[C@]1(C(C)=O)CC[C@H]2[C@@H]3C=C(F)C4=CC(=O)C5CC5[C@@]4(C)[C@@H]3CC[C@@]21C. The molecule has 5 aliphatic carbocycles. The monoisotopic (exact) mass is 400 g/mol. The second-order valence-corrected chi connectivity index (χ2v) is 10.5. The third kappa shape index (κ3) is 2.17. The minimum absolute atomic E-state index is 0.00198. The van der Waals surface area contributed by atoms with Crippen LogP contribution >= 0.6 is 0 Å². The van der Waals surface area contributed by atoms with Crippen LogP contribution in [0.3, 0.4) is 0 Å². The van der Waals surface area contributed by atoms with E-state index in [4.69, 9.17) is 4.74 Å². The van der Waals surface area contributed by atoms with Gasteiger partial charge < -0.3 is 4.74 Å². The Kier molecular flexibility index (Phi) is 3.76. The number of halogens is 1. The Morgan fingerprint density at radius 2 is 1.79 bits per heavy atom. The molecule has 0 bridgehead atoms. The van der Waals surface area contributed by atoms with Gasteiger partial charge in [0.1, 0.15) is 5.83 Å². The van der Waals surface area contributed by atoms with Gasteiger partial charge in [-0.1, -0.05) is 13.8 Å². The van der Waals surface area contributed by atoms with E-state index in [-0.39, 0.29) is 52.4 Å². The predicted molar refractivity (Wildman–Crippen MR) is 104 cm³/mol. The number of hydrogen-bond donors (Lipinski definition) is 0. The molecule has 0 aromatic heterocycles. The van der Waals surface area contributed by atoms with Crippen LogP contribution in [0.2, 0.25) is 0 Å². The summed E-state index contributed by atoms with van der Waals surface area (Å²) in [6.45, 7) is 7.10. The molecule has 5 aliphatic rings. The predicted octanol–water partition coefficient (Wildman–Crippen LogP) is 4.34. The van der Waals surface area contributed by atoms with E-state index in [0.29, 0.717) is 12.0 Å². The molecular formula is C24H29FO4. The Labute approximate surface area is 170 Å². The largest absolute Gasteiger partial charge is 0.451 e. The number of esters is 1. The lowest BCUT2D eigenvalue weighted by atomic mass is 9.47. The summed E-state index contributed by atoms with van der Waals surface area (Å²) in [6.07, 6.45) is 7.02. The third-order valence-corrected chi connectivity index (χ3v) is 9.50. The van der Waals surface area contributed by atoms with Crippen LogP contribution in [0.5, 0.6) is 0 Å². The van der Waals surface area contributed by atoms with Gasteiger partial charge in [0, 0.05) is 23.7 Å². The molecule has 0 spiro atoms. The molecule has 3 saturated carbocycles. The second-order valence-electron chi connectivity index (χ2n) is 10.5. The number of ether oxygens (including phenoxy) is 1. The number of hydrogen-bond acceptors (Lipinski definition) is 4. The first kappa shape index (κ1) is 19.2. The molecule has 156 valence electrons. The Morgan fingerprint density at radius 1 is 1.10 bits per heavy atom. The van der Waals surface area contributed by atoms with Crippen molar-refractivity contribution in [3.63, 3.8) is 0 Å². The van der Waals surface area contributed by atoms with Crippen LogP contribution in [0.1, 0.15) is 59.8 Å². The zero-order valence-electron chi connectivity index (χ0n) is 17.6. The van der Waals surface area contributed by atoms with Crippen LogP contribution in [-0.2, 0) is 19.1 Å². The minimum atomic E-state index is -1.11. The molecule has 5 rings (SSSR count). The molecule has 0 aliphatic heterocycles. The summed E-state index contributed by atoms with van der Waals surface area (Å²) in [5.74, 6) is -0.0727. The minimum Gasteiger partial charge on any atom is -0.451 e. The normalized spacial score (nSPS) is 49.7. The van der Waals surface area contributed by atoms with Crippen LogP contribution in [-0.4, -0.2) is 23.1 Å². The second kappa shape index (κ2) is 5.67. The highest BCUT2D eigenvalue weighted by atomic mass is 19.1. The first-order valence-electron chi connectivity index (χ1n) is 10.9. The molecule has 3 fully saturated rings. The Morgan fingerprint density at radius 3 is 2.45 bits per heavy atom. The average Bonchev–Trinajstić information content (AvgIpc) is 3.39. The van der Waals surface area contributed by atoms with Gasteiger partial charge in [0.2, 0.25) is 0 Å². The fourth-order valence-corrected chi connectivity index (χ4v) is 8.03. The van der Waals surface area contributed by atoms with Crippen molar-refractivity contribution in [3.8, 4) is 0 Å². The maximum atomic E-state index is 15.3. The lowest BCUT2D eigenvalue weighted by Gasteiger charge is -2.57. The summed E-state index contributed by atoms with van der Waals surface area (Å²) in [5.41, 5.74) is -1.32. The molecule has 0 aromatic carbocycles. The highest BCUT2D eigenvalue weighted by Crippen LogP contribution is 2.72. The molecular weight excluding hydrogens is 371 g/mol. The number of rotatable bonds is 2. The van der Waals surface area contributed by atoms with E-state index in [1.54, 1.807) is 12.2 Å². The number of Topliss-reactive ketones (excluding diaryl/α,β-unsaturated/α-hetero) is 1. The number of fused-ring (bicyclic) bond motifs is 7. The summed E-state index contributed by atoms with van der Waals surface area (Å²) < 4.78 is 21.1. The molecule has 8 atom stereocenters. The van der Waals surface area contributed by atoms with Crippen molar-refractivity contribution in [2.24, 2.45) is 40.4 Å². The molecule has 0 radical (unpaired) electrons. The van der Waals surface area contributed by atoms with Crippen molar-refractivity contribution >= 4 is 17.5 Å². The van der Waals surface area contributed by atoms with Gasteiger partial charge in [0.05, 0.1) is 0 Å². The fourth-order valence-electron chi connectivity index (χ4n) is 8.03. The summed E-state index contributed by atoms with van der Waals surface area (Å²) in [5, 5.41) is 0. The first-order valence-corrected chi connectivity index (χ1v) is 10.9. The van der Waals surface area contributed by atoms with Crippen LogP contribution in [0, 0.1) is 40.4 Å². The molecule has 0 N–H and O–H groups in total. The zero-order valence-corrected chi connectivity index (χ0v) is 17.6. The molecule has 0 amide bonds. The summed E-state index contributed by atoms with van der Waals surface area (Å²) in [4.78, 5) is 36.9. The number of carbonyl (C=O) groups excluding carboxylic acids is 3. The topological polar surface area (TPSA) is 60.4 Å². The van der Waals surface area contributed by atoms with E-state index in [9.17, 15) is 14.4 Å². The van der Waals surface area contributed by atoms with Gasteiger partial charge in [0.15, 0.2) is 17.2 Å². The standard InChI is InChI=1S/C24H29FO4/c1-12(26)24(29-13(2)27)8-6-16-14-10-20(25)19-11-21(28)15-9-18(15)23(19,4)17(14)5-7-22(16,24)3/h10-11,14-18H,5-9H2,1-4H3/t14-,15?,16-,17+,18?,22-,23+,24-/m0/s1. The first-order chi connectivity index (χ1) is 13.6. The van der Waals surface area contributed by atoms with Gasteiger partial charge in [-0.15, -0.1) is 0 Å². The van der Waals surface area contributed by atoms with Crippen molar-refractivity contribution in [2.45, 2.75) is 65.4 Å². The van der Waals surface area contributed by atoms with Crippen molar-refractivity contribution in [1.82, 2.24) is 0 Å². The third-order valence-electron chi connectivity index (χ3n) is 9.50. The molecule has 29 heavy (non-hydrogen) atoms. The lowest BCUT2D eigenvalue weighted by molar-refractivity contribution is -0.185. The van der Waals surface area contributed by atoms with Crippen molar-refractivity contribution < 1.29 is 23.5 Å². The lowest BCUT2D eigenvalue weighted by Crippen LogP contribution is -2.58. The van der Waals surface area contributed by atoms with Crippen LogP contribution in [0.4, 0.5) is 4.39 Å². The van der Waals surface area contributed by atoms with Crippen LogP contribution in [0.25, 0.3) is 0 Å². The quantitative estimate of drug-likeness (QED) is 0.647. The number of carbonyl (C=O) groups is 3. The summed E-state index contributed by atoms with van der Waals surface area (Å²) in [6, 6.07) is 0. The van der Waals surface area contributed by atoms with Gasteiger partial charge >= 0.3 is 5.97 Å². The highest BCUT2D eigenvalue weighted by molar-refractivity contribution is 5.97. The summed E-state index contributed by atoms with van der Waals surface area (Å²) in [7, 11) is 0. The smallest absolute Gasteiger partial charge is 0.303 e. The van der Waals surface area contributed by atoms with E-state index in [1.165, 1.54) is 13.8 Å². The fraction of sp³-hybridized carbons (Fsp3) is 0.708. The molecule has 5 heteroatoms. The summed E-state index contributed by atoms with van der Waals surface area (Å²) >= 11 is 0. The van der Waals surface area contributed by atoms with Crippen molar-refractivity contribution in [1.29, 1.82) is 0 Å². The molecule has 0 heterocycles. The van der Waals surface area contributed by atoms with E-state index >= 15 is 4.39 Å². The molecule has 2 unspecified atom stereocenters. The molecule has 4 nitrogen and oxygen atoms in total. The number of ketones is 2. The van der Waals surface area contributed by atoms with Gasteiger partial charge in [-0.05, 0) is 80.4 Å².